The molecule has 2 N–H and O–H groups in total. The molecule has 0 radical (unpaired) electrons. The molecule has 7 nitrogen and oxygen atoms in total. The zero-order valence-corrected chi connectivity index (χ0v) is 16.6. The number of nitrogens with zero attached hydrogens (tertiary/aromatic N) is 2. The number of alkyl halides is 3. The fourth-order valence-electron chi connectivity index (χ4n) is 3.54. The highest BCUT2D eigenvalue weighted by Crippen LogP contribution is 2.38. The predicted octanol–water partition coefficient (Wildman–Crippen LogP) is 2.71. The van der Waals surface area contributed by atoms with Crippen LogP contribution in [0.2, 0.25) is 0 Å². The molecule has 1 unspecified atom stereocenters. The summed E-state index contributed by atoms with van der Waals surface area (Å²) in [6.07, 6.45) is -3.47. The number of carbonyl (C=O) groups is 2. The van der Waals surface area contributed by atoms with E-state index in [4.69, 9.17) is 10.1 Å². The fraction of sp³-hybridized carbons (Fsp3) is 0.450. The van der Waals surface area contributed by atoms with Gasteiger partial charge in [0.1, 0.15) is 6.42 Å². The van der Waals surface area contributed by atoms with E-state index in [1.165, 1.54) is 11.8 Å². The molecule has 2 amide bonds. The van der Waals surface area contributed by atoms with Crippen LogP contribution in [0.1, 0.15) is 25.8 Å². The summed E-state index contributed by atoms with van der Waals surface area (Å²) < 4.78 is 43.6. The molecule has 2 aliphatic heterocycles. The summed E-state index contributed by atoms with van der Waals surface area (Å²) in [5, 5.41) is 10.8. The van der Waals surface area contributed by atoms with E-state index < -0.39 is 24.5 Å². The molecule has 2 aliphatic rings. The molecule has 1 atom stereocenters. The summed E-state index contributed by atoms with van der Waals surface area (Å²) >= 11 is 0. The minimum Gasteiger partial charge on any atom is -0.383 e. The SMILES string of the molecule is CC(=O)N1c2ccc(/C(C=N)=C/NC3COC3)cc2N(C(=O)CC(F)(F)F)CC1C. The Bertz CT molecular complexity index is 881. The smallest absolute Gasteiger partial charge is 0.383 e. The van der Waals surface area contributed by atoms with Crippen molar-refractivity contribution >= 4 is 35.0 Å². The lowest BCUT2D eigenvalue weighted by atomic mass is 10.0. The Morgan fingerprint density at radius 2 is 2.00 bits per heavy atom. The zero-order valence-electron chi connectivity index (χ0n) is 16.6. The lowest BCUT2D eigenvalue weighted by Gasteiger charge is -2.41. The first-order chi connectivity index (χ1) is 14.1. The third kappa shape index (κ3) is 4.64. The van der Waals surface area contributed by atoms with E-state index in [0.717, 1.165) is 11.1 Å². The van der Waals surface area contributed by atoms with Crippen molar-refractivity contribution in [3.05, 3.63) is 30.0 Å². The number of hydrogen-bond acceptors (Lipinski definition) is 5. The first kappa shape index (κ1) is 21.8. The van der Waals surface area contributed by atoms with Gasteiger partial charge >= 0.3 is 6.18 Å². The predicted molar refractivity (Wildman–Crippen MR) is 107 cm³/mol. The highest BCUT2D eigenvalue weighted by Gasteiger charge is 2.39. The van der Waals surface area contributed by atoms with Crippen molar-refractivity contribution in [2.45, 2.75) is 38.5 Å². The van der Waals surface area contributed by atoms with Gasteiger partial charge in [-0.1, -0.05) is 6.07 Å². The number of allylic oxidation sites excluding steroid dienone is 1. The number of hydrogen-bond donors (Lipinski definition) is 2. The molecule has 30 heavy (non-hydrogen) atoms. The molecule has 0 aromatic heterocycles. The van der Waals surface area contributed by atoms with Crippen molar-refractivity contribution in [3.63, 3.8) is 0 Å². The third-order valence-electron chi connectivity index (χ3n) is 5.01. The summed E-state index contributed by atoms with van der Waals surface area (Å²) in [6.45, 7) is 4.11. The maximum atomic E-state index is 12.8. The average Bonchev–Trinajstić information content (AvgIpc) is 2.61. The van der Waals surface area contributed by atoms with Gasteiger partial charge in [0.15, 0.2) is 0 Å². The standard InChI is InChI=1S/C20H23F3N4O3/c1-12-9-26(19(29)6-20(21,22)23)18-5-14(3-4-17(18)27(12)13(2)28)15(7-24)8-25-16-10-30-11-16/h3-5,7-8,12,16,24-25H,6,9-11H2,1-2H3/b15-8+,24-7?. The number of nitrogens with one attached hydrogen (secondary N) is 2. The van der Waals surface area contributed by atoms with E-state index in [2.05, 4.69) is 5.32 Å². The Kier molecular flexibility index (Phi) is 6.16. The molecule has 3 rings (SSSR count). The van der Waals surface area contributed by atoms with Gasteiger partial charge in [0, 0.05) is 31.5 Å². The number of carbonyl (C=O) groups excluding carboxylic acids is 2. The van der Waals surface area contributed by atoms with Crippen LogP contribution in [-0.2, 0) is 14.3 Å². The van der Waals surface area contributed by atoms with Crippen LogP contribution in [0.3, 0.4) is 0 Å². The highest BCUT2D eigenvalue weighted by atomic mass is 19.4. The molecule has 1 fully saturated rings. The van der Waals surface area contributed by atoms with E-state index in [-0.39, 0.29) is 24.2 Å². The van der Waals surface area contributed by atoms with Crippen molar-refractivity contribution in [2.75, 3.05) is 29.6 Å². The normalized spacial score (nSPS) is 19.8. The second-order valence-electron chi connectivity index (χ2n) is 7.38. The second kappa shape index (κ2) is 8.47. The van der Waals surface area contributed by atoms with Gasteiger partial charge in [-0.15, -0.1) is 0 Å². The molecule has 0 bridgehead atoms. The van der Waals surface area contributed by atoms with Crippen molar-refractivity contribution in [1.29, 1.82) is 5.41 Å². The second-order valence-corrected chi connectivity index (χ2v) is 7.38. The van der Waals surface area contributed by atoms with Gasteiger partial charge < -0.3 is 25.3 Å². The van der Waals surface area contributed by atoms with Crippen molar-refractivity contribution < 1.29 is 27.5 Å². The number of benzene rings is 1. The Balaban J connectivity index is 2.00. The van der Waals surface area contributed by atoms with E-state index in [0.29, 0.717) is 30.0 Å². The molecule has 0 aliphatic carbocycles. The van der Waals surface area contributed by atoms with Crippen molar-refractivity contribution in [2.24, 2.45) is 0 Å². The van der Waals surface area contributed by atoms with Crippen LogP contribution in [0.15, 0.2) is 24.4 Å². The monoisotopic (exact) mass is 424 g/mol. The van der Waals surface area contributed by atoms with E-state index in [1.807, 2.05) is 0 Å². The van der Waals surface area contributed by atoms with E-state index >= 15 is 0 Å². The number of halogens is 3. The van der Waals surface area contributed by atoms with E-state index in [1.54, 1.807) is 31.3 Å². The van der Waals surface area contributed by atoms with Crippen molar-refractivity contribution in [1.82, 2.24) is 5.32 Å². The van der Waals surface area contributed by atoms with Gasteiger partial charge in [-0.3, -0.25) is 9.59 Å². The van der Waals surface area contributed by atoms with Gasteiger partial charge in [0.25, 0.3) is 0 Å². The number of ether oxygens (including phenoxy) is 1. The number of rotatable bonds is 5. The maximum Gasteiger partial charge on any atom is 0.397 e. The quantitative estimate of drug-likeness (QED) is 0.712. The fourth-order valence-corrected chi connectivity index (χ4v) is 3.54. The molecule has 0 saturated carbocycles. The van der Waals surface area contributed by atoms with E-state index in [9.17, 15) is 22.8 Å². The van der Waals surface area contributed by atoms with Gasteiger partial charge in [0.2, 0.25) is 11.8 Å². The molecular weight excluding hydrogens is 401 g/mol. The van der Waals surface area contributed by atoms with Crippen LogP contribution in [0.25, 0.3) is 5.57 Å². The number of amides is 2. The number of anilines is 2. The molecule has 10 heteroatoms. The van der Waals surface area contributed by atoms with Crippen LogP contribution in [0.5, 0.6) is 0 Å². The zero-order chi connectivity index (χ0) is 22.1. The Morgan fingerprint density at radius 3 is 2.53 bits per heavy atom. The van der Waals surface area contributed by atoms with Gasteiger partial charge in [-0.25, -0.2) is 0 Å². The lowest BCUT2D eigenvalue weighted by molar-refractivity contribution is -0.152. The Morgan fingerprint density at radius 1 is 1.30 bits per heavy atom. The minimum atomic E-state index is -4.63. The highest BCUT2D eigenvalue weighted by molar-refractivity contribution is 6.10. The topological polar surface area (TPSA) is 85.7 Å². The molecule has 0 spiro atoms. The van der Waals surface area contributed by atoms with Crippen molar-refractivity contribution in [3.8, 4) is 0 Å². The third-order valence-corrected chi connectivity index (χ3v) is 5.01. The summed E-state index contributed by atoms with van der Waals surface area (Å²) in [5.41, 5.74) is 1.61. The summed E-state index contributed by atoms with van der Waals surface area (Å²) in [6, 6.07) is 4.47. The largest absolute Gasteiger partial charge is 0.397 e. The summed E-state index contributed by atoms with van der Waals surface area (Å²) in [5.74, 6) is -1.35. The van der Waals surface area contributed by atoms with Gasteiger partial charge in [0.05, 0.1) is 36.7 Å². The average molecular weight is 424 g/mol. The van der Waals surface area contributed by atoms with Gasteiger partial charge in [-0.05, 0) is 24.6 Å². The Labute approximate surface area is 172 Å². The first-order valence-corrected chi connectivity index (χ1v) is 9.46. The first-order valence-electron chi connectivity index (χ1n) is 9.46. The van der Waals surface area contributed by atoms with Gasteiger partial charge in [-0.2, -0.15) is 13.2 Å². The molecule has 2 heterocycles. The molecular formula is C20H23F3N4O3. The maximum absolute atomic E-state index is 12.8. The summed E-state index contributed by atoms with van der Waals surface area (Å²) in [4.78, 5) is 27.1. The summed E-state index contributed by atoms with van der Waals surface area (Å²) in [7, 11) is 0. The molecule has 1 saturated heterocycles. The number of fused-ring (bicyclic) bond motifs is 1. The Hall–Kier alpha value is -2.88. The van der Waals surface area contributed by atoms with Crippen LogP contribution in [0.4, 0.5) is 24.5 Å². The molecule has 1 aromatic rings. The molecule has 162 valence electrons. The van der Waals surface area contributed by atoms with Crippen LogP contribution in [0, 0.1) is 5.41 Å². The molecule has 1 aromatic carbocycles. The minimum absolute atomic E-state index is 0.0494. The van der Waals surface area contributed by atoms with Crippen LogP contribution < -0.4 is 15.1 Å². The lowest BCUT2D eigenvalue weighted by Crippen LogP contribution is -2.52. The van der Waals surface area contributed by atoms with Crippen LogP contribution in [-0.4, -0.2) is 56.0 Å². The van der Waals surface area contributed by atoms with Crippen LogP contribution >= 0.6 is 0 Å².